The average Bonchev–Trinajstić information content (AvgIpc) is 2.84. The van der Waals surface area contributed by atoms with E-state index in [1.165, 1.54) is 0 Å². The number of rotatable bonds is 3. The molecule has 2 atom stereocenters. The number of halogens is 1. The minimum absolute atomic E-state index is 0.303. The summed E-state index contributed by atoms with van der Waals surface area (Å²) in [5, 5.41) is 5.20. The smallest absolute Gasteiger partial charge is 0.0908 e. The molecule has 4 heteroatoms. The number of hydrogen-bond acceptors (Lipinski definition) is 3. The first-order valence-electron chi connectivity index (χ1n) is 6.66. The maximum absolute atomic E-state index is 6.16. The zero-order valence-electron chi connectivity index (χ0n) is 10.9. The molecule has 2 heterocycles. The van der Waals surface area contributed by atoms with Gasteiger partial charge in [0, 0.05) is 23.8 Å². The van der Waals surface area contributed by atoms with E-state index in [2.05, 4.69) is 17.2 Å². The summed E-state index contributed by atoms with van der Waals surface area (Å²) in [5.74, 6) is 0. The number of pyridine rings is 1. The van der Waals surface area contributed by atoms with Crippen molar-refractivity contribution < 1.29 is 4.74 Å². The maximum Gasteiger partial charge on any atom is 0.0908 e. The molecule has 0 amide bonds. The third-order valence-corrected chi connectivity index (χ3v) is 3.87. The Labute approximate surface area is 117 Å². The lowest BCUT2D eigenvalue weighted by Crippen LogP contribution is -2.19. The van der Waals surface area contributed by atoms with Gasteiger partial charge in [-0.05, 0) is 44.0 Å². The predicted octanol–water partition coefficient (Wildman–Crippen LogP) is 3.87. The first kappa shape index (κ1) is 12.7. The number of nitrogens with one attached hydrogen (secondary N) is 1. The van der Waals surface area contributed by atoms with E-state index < -0.39 is 0 Å². The molecule has 1 aromatic heterocycles. The first-order chi connectivity index (χ1) is 9.24. The number of fused-ring (bicyclic) bond motifs is 1. The quantitative estimate of drug-likeness (QED) is 0.924. The van der Waals surface area contributed by atoms with E-state index in [4.69, 9.17) is 16.3 Å². The lowest BCUT2D eigenvalue weighted by atomic mass is 10.1. The topological polar surface area (TPSA) is 34.2 Å². The van der Waals surface area contributed by atoms with Crippen LogP contribution < -0.4 is 5.32 Å². The van der Waals surface area contributed by atoms with Gasteiger partial charge >= 0.3 is 0 Å². The minimum Gasteiger partial charge on any atom is -0.382 e. The molecule has 2 unspecified atom stereocenters. The summed E-state index contributed by atoms with van der Waals surface area (Å²) in [5.41, 5.74) is 1.91. The number of nitrogens with zero attached hydrogens (tertiary/aromatic N) is 1. The Morgan fingerprint density at radius 1 is 1.37 bits per heavy atom. The highest BCUT2D eigenvalue weighted by atomic mass is 35.5. The average molecular weight is 277 g/mol. The maximum atomic E-state index is 6.16. The van der Waals surface area contributed by atoms with Crippen molar-refractivity contribution in [1.82, 2.24) is 4.98 Å². The third-order valence-electron chi connectivity index (χ3n) is 3.56. The van der Waals surface area contributed by atoms with Crippen molar-refractivity contribution in [2.24, 2.45) is 0 Å². The van der Waals surface area contributed by atoms with Gasteiger partial charge in [-0.3, -0.25) is 4.98 Å². The van der Waals surface area contributed by atoms with Crippen LogP contribution in [-0.2, 0) is 4.74 Å². The van der Waals surface area contributed by atoms with Crippen molar-refractivity contribution in [1.29, 1.82) is 0 Å². The molecule has 0 spiro atoms. The normalized spacial score (nSPS) is 22.8. The van der Waals surface area contributed by atoms with Crippen LogP contribution in [0.4, 0.5) is 5.69 Å². The predicted molar refractivity (Wildman–Crippen MR) is 78.8 cm³/mol. The highest BCUT2D eigenvalue weighted by molar-refractivity contribution is 6.35. The fourth-order valence-corrected chi connectivity index (χ4v) is 2.77. The molecule has 2 aromatic rings. The van der Waals surface area contributed by atoms with Gasteiger partial charge in [0.1, 0.15) is 0 Å². The number of benzene rings is 1. The van der Waals surface area contributed by atoms with E-state index >= 15 is 0 Å². The molecule has 3 rings (SSSR count). The molecule has 0 aliphatic carbocycles. The zero-order valence-corrected chi connectivity index (χ0v) is 11.7. The van der Waals surface area contributed by atoms with Gasteiger partial charge in [-0.25, -0.2) is 0 Å². The van der Waals surface area contributed by atoms with Crippen molar-refractivity contribution in [3.63, 3.8) is 0 Å². The van der Waals surface area contributed by atoms with Gasteiger partial charge in [-0.15, -0.1) is 0 Å². The number of ether oxygens (including phenoxy) is 1. The van der Waals surface area contributed by atoms with Crippen LogP contribution in [0.5, 0.6) is 0 Å². The molecule has 0 saturated carbocycles. The lowest BCUT2D eigenvalue weighted by Gasteiger charge is -2.15. The summed E-state index contributed by atoms with van der Waals surface area (Å²) >= 11 is 6.16. The molecule has 19 heavy (non-hydrogen) atoms. The van der Waals surface area contributed by atoms with Crippen molar-refractivity contribution in [3.8, 4) is 0 Å². The minimum atomic E-state index is 0.303. The number of hydrogen-bond donors (Lipinski definition) is 1. The van der Waals surface area contributed by atoms with Gasteiger partial charge in [-0.2, -0.15) is 0 Å². The lowest BCUT2D eigenvalue weighted by molar-refractivity contribution is 0.0637. The van der Waals surface area contributed by atoms with Crippen LogP contribution in [0.25, 0.3) is 10.9 Å². The fraction of sp³-hybridized carbons (Fsp3) is 0.400. The standard InChI is InChI=1S/C15H17ClN2O/c1-10-4-5-11(19-10)9-18-14-7-6-13(16)15-12(14)3-2-8-17-15/h2-3,6-8,10-11,18H,4-5,9H2,1H3. The Kier molecular flexibility index (Phi) is 3.58. The van der Waals surface area contributed by atoms with E-state index in [0.29, 0.717) is 17.2 Å². The molecular weight excluding hydrogens is 260 g/mol. The van der Waals surface area contributed by atoms with Gasteiger partial charge in [0.15, 0.2) is 0 Å². The zero-order chi connectivity index (χ0) is 13.2. The van der Waals surface area contributed by atoms with Gasteiger partial charge in [0.25, 0.3) is 0 Å². The molecule has 1 saturated heterocycles. The van der Waals surface area contributed by atoms with Crippen molar-refractivity contribution in [2.45, 2.75) is 32.0 Å². The Morgan fingerprint density at radius 3 is 3.05 bits per heavy atom. The Morgan fingerprint density at radius 2 is 2.26 bits per heavy atom. The van der Waals surface area contributed by atoms with Crippen LogP contribution in [0.1, 0.15) is 19.8 Å². The van der Waals surface area contributed by atoms with Crippen LogP contribution in [0.2, 0.25) is 5.02 Å². The Hall–Kier alpha value is -1.32. The van der Waals surface area contributed by atoms with Crippen LogP contribution >= 0.6 is 11.6 Å². The first-order valence-corrected chi connectivity index (χ1v) is 7.04. The summed E-state index contributed by atoms with van der Waals surface area (Å²) in [4.78, 5) is 4.33. The van der Waals surface area contributed by atoms with Gasteiger partial charge in [0.05, 0.1) is 22.7 Å². The molecule has 100 valence electrons. The van der Waals surface area contributed by atoms with E-state index in [0.717, 1.165) is 36.0 Å². The van der Waals surface area contributed by atoms with Crippen molar-refractivity contribution >= 4 is 28.2 Å². The monoisotopic (exact) mass is 276 g/mol. The summed E-state index contributed by atoms with van der Waals surface area (Å²) in [6.45, 7) is 2.96. The third kappa shape index (κ3) is 2.67. The van der Waals surface area contributed by atoms with Crippen LogP contribution in [-0.4, -0.2) is 23.7 Å². The van der Waals surface area contributed by atoms with Gasteiger partial charge in [0.2, 0.25) is 0 Å². The molecule has 1 aliphatic heterocycles. The molecule has 1 aromatic carbocycles. The molecular formula is C15H17ClN2O. The van der Waals surface area contributed by atoms with Crippen molar-refractivity contribution in [3.05, 3.63) is 35.5 Å². The molecule has 1 fully saturated rings. The SMILES string of the molecule is CC1CCC(CNc2ccc(Cl)c3ncccc23)O1. The second-order valence-electron chi connectivity index (χ2n) is 5.02. The summed E-state index contributed by atoms with van der Waals surface area (Å²) in [6, 6.07) is 7.86. The van der Waals surface area contributed by atoms with Gasteiger partial charge in [-0.1, -0.05) is 11.6 Å². The van der Waals surface area contributed by atoms with E-state index in [1.54, 1.807) is 6.20 Å². The second-order valence-corrected chi connectivity index (χ2v) is 5.43. The molecule has 1 N–H and O–H groups in total. The van der Waals surface area contributed by atoms with Crippen LogP contribution in [0, 0.1) is 0 Å². The Balaban J connectivity index is 1.79. The molecule has 3 nitrogen and oxygen atoms in total. The molecule has 0 radical (unpaired) electrons. The fourth-order valence-electron chi connectivity index (χ4n) is 2.55. The summed E-state index contributed by atoms with van der Waals surface area (Å²) in [7, 11) is 0. The highest BCUT2D eigenvalue weighted by Crippen LogP contribution is 2.28. The van der Waals surface area contributed by atoms with Crippen molar-refractivity contribution in [2.75, 3.05) is 11.9 Å². The van der Waals surface area contributed by atoms with E-state index in [1.807, 2.05) is 24.3 Å². The number of aromatic nitrogens is 1. The highest BCUT2D eigenvalue weighted by Gasteiger charge is 2.21. The summed E-state index contributed by atoms with van der Waals surface area (Å²) in [6.07, 6.45) is 4.72. The van der Waals surface area contributed by atoms with E-state index in [9.17, 15) is 0 Å². The molecule has 0 bridgehead atoms. The second kappa shape index (κ2) is 5.35. The number of anilines is 1. The largest absolute Gasteiger partial charge is 0.382 e. The molecule has 1 aliphatic rings. The van der Waals surface area contributed by atoms with Crippen LogP contribution in [0.3, 0.4) is 0 Å². The van der Waals surface area contributed by atoms with Gasteiger partial charge < -0.3 is 10.1 Å². The Bertz CT molecular complexity index is 587. The van der Waals surface area contributed by atoms with Crippen LogP contribution in [0.15, 0.2) is 30.5 Å². The summed E-state index contributed by atoms with van der Waals surface area (Å²) < 4.78 is 5.81. The van der Waals surface area contributed by atoms with E-state index in [-0.39, 0.29) is 0 Å².